The van der Waals surface area contributed by atoms with Crippen molar-refractivity contribution in [3.63, 3.8) is 0 Å². The number of rotatable bonds is 5. The molecule has 1 aromatic carbocycles. The van der Waals surface area contributed by atoms with Crippen LogP contribution in [0.3, 0.4) is 0 Å². The van der Waals surface area contributed by atoms with Crippen LogP contribution < -0.4 is 10.5 Å². The van der Waals surface area contributed by atoms with E-state index in [4.69, 9.17) is 22.1 Å². The molecule has 2 nitrogen and oxygen atoms in total. The topological polar surface area (TPSA) is 35.2 Å². The van der Waals surface area contributed by atoms with Crippen molar-refractivity contribution in [3.05, 3.63) is 50.7 Å². The Hall–Kier alpha value is -1.03. The Morgan fingerprint density at radius 2 is 2.05 bits per heavy atom. The van der Waals surface area contributed by atoms with Crippen LogP contribution in [0.2, 0.25) is 5.02 Å². The first-order valence-electron chi connectivity index (χ1n) is 6.78. The van der Waals surface area contributed by atoms with Crippen LogP contribution in [0, 0.1) is 6.92 Å². The van der Waals surface area contributed by atoms with Gasteiger partial charge in [0.25, 0.3) is 0 Å². The highest BCUT2D eigenvalue weighted by Gasteiger charge is 2.20. The summed E-state index contributed by atoms with van der Waals surface area (Å²) in [6.07, 6.45) is 0.761. The molecule has 2 aromatic rings. The molecule has 0 saturated carbocycles. The van der Waals surface area contributed by atoms with Gasteiger partial charge >= 0.3 is 0 Å². The maximum Gasteiger partial charge on any atom is 0.148 e. The summed E-state index contributed by atoms with van der Waals surface area (Å²) < 4.78 is 6.10. The summed E-state index contributed by atoms with van der Waals surface area (Å²) in [5, 5.41) is 0.782. The van der Waals surface area contributed by atoms with E-state index in [1.165, 1.54) is 4.88 Å². The zero-order valence-corrected chi connectivity index (χ0v) is 13.6. The third kappa shape index (κ3) is 3.54. The van der Waals surface area contributed by atoms with Crippen molar-refractivity contribution in [2.45, 2.75) is 39.3 Å². The van der Waals surface area contributed by atoms with E-state index in [0.29, 0.717) is 0 Å². The van der Waals surface area contributed by atoms with E-state index < -0.39 is 0 Å². The Morgan fingerprint density at radius 3 is 2.60 bits per heavy atom. The van der Waals surface area contributed by atoms with Crippen LogP contribution in [0.25, 0.3) is 0 Å². The summed E-state index contributed by atoms with van der Waals surface area (Å²) in [7, 11) is 0. The Kier molecular flexibility index (Phi) is 5.08. The lowest BCUT2D eigenvalue weighted by molar-refractivity contribution is 0.184. The molecule has 2 unspecified atom stereocenters. The SMILES string of the molecule is CCc1cc(OC(c2ccc(C)s2)C(C)N)ccc1Cl. The molecule has 108 valence electrons. The van der Waals surface area contributed by atoms with Crippen LogP contribution >= 0.6 is 22.9 Å². The Labute approximate surface area is 129 Å². The van der Waals surface area contributed by atoms with Crippen LogP contribution in [0.1, 0.15) is 35.3 Å². The maximum absolute atomic E-state index is 6.14. The lowest BCUT2D eigenvalue weighted by atomic mass is 10.1. The number of ether oxygens (including phenoxy) is 1. The van der Waals surface area contributed by atoms with E-state index in [1.807, 2.05) is 25.1 Å². The largest absolute Gasteiger partial charge is 0.483 e. The predicted molar refractivity (Wildman–Crippen MR) is 86.9 cm³/mol. The van der Waals surface area contributed by atoms with Crippen LogP contribution in [0.15, 0.2) is 30.3 Å². The quantitative estimate of drug-likeness (QED) is 0.866. The number of hydrogen-bond acceptors (Lipinski definition) is 3. The maximum atomic E-state index is 6.14. The average Bonchev–Trinajstić information content (AvgIpc) is 2.83. The van der Waals surface area contributed by atoms with Crippen molar-refractivity contribution in [3.8, 4) is 5.75 Å². The lowest BCUT2D eigenvalue weighted by Gasteiger charge is -2.22. The van der Waals surface area contributed by atoms with Crippen molar-refractivity contribution in [1.29, 1.82) is 0 Å². The highest BCUT2D eigenvalue weighted by Crippen LogP contribution is 2.31. The van der Waals surface area contributed by atoms with Crippen molar-refractivity contribution >= 4 is 22.9 Å². The van der Waals surface area contributed by atoms with Crippen molar-refractivity contribution < 1.29 is 4.74 Å². The first-order valence-corrected chi connectivity index (χ1v) is 7.97. The Bertz CT molecular complexity index is 580. The van der Waals surface area contributed by atoms with Gasteiger partial charge in [-0.05, 0) is 56.2 Å². The molecule has 0 aliphatic heterocycles. The smallest absolute Gasteiger partial charge is 0.148 e. The molecular formula is C16H20ClNOS. The summed E-state index contributed by atoms with van der Waals surface area (Å²) >= 11 is 7.86. The van der Waals surface area contributed by atoms with Crippen LogP contribution in [-0.4, -0.2) is 6.04 Å². The monoisotopic (exact) mass is 309 g/mol. The van der Waals surface area contributed by atoms with Crippen LogP contribution in [-0.2, 0) is 6.42 Å². The number of benzene rings is 1. The molecule has 1 aromatic heterocycles. The Balaban J connectivity index is 2.24. The fourth-order valence-corrected chi connectivity index (χ4v) is 3.35. The summed E-state index contributed by atoms with van der Waals surface area (Å²) in [5.74, 6) is 0.819. The summed E-state index contributed by atoms with van der Waals surface area (Å²) in [6.45, 7) is 6.14. The van der Waals surface area contributed by atoms with Gasteiger partial charge in [-0.25, -0.2) is 0 Å². The van der Waals surface area contributed by atoms with Gasteiger partial charge < -0.3 is 10.5 Å². The molecular weight excluding hydrogens is 290 g/mol. The van der Waals surface area contributed by atoms with Crippen LogP contribution in [0.5, 0.6) is 5.75 Å². The number of nitrogens with two attached hydrogens (primary N) is 1. The van der Waals surface area contributed by atoms with E-state index in [2.05, 4.69) is 26.0 Å². The summed E-state index contributed by atoms with van der Waals surface area (Å²) in [6, 6.07) is 9.89. The third-order valence-corrected chi connectivity index (χ3v) is 4.61. The number of halogens is 1. The molecule has 0 fully saturated rings. The van der Waals surface area contributed by atoms with Gasteiger partial charge in [0.05, 0.1) is 0 Å². The first kappa shape index (κ1) is 15.4. The van der Waals surface area contributed by atoms with Crippen molar-refractivity contribution in [1.82, 2.24) is 0 Å². The minimum atomic E-state index is -0.125. The number of hydrogen-bond donors (Lipinski definition) is 1. The summed E-state index contributed by atoms with van der Waals surface area (Å²) in [4.78, 5) is 2.42. The predicted octanol–water partition coefficient (Wildman–Crippen LogP) is 4.74. The highest BCUT2D eigenvalue weighted by molar-refractivity contribution is 7.12. The van der Waals surface area contributed by atoms with Gasteiger partial charge in [0.1, 0.15) is 11.9 Å². The molecule has 0 aliphatic rings. The molecule has 0 aliphatic carbocycles. The van der Waals surface area contributed by atoms with E-state index in [1.54, 1.807) is 11.3 Å². The van der Waals surface area contributed by atoms with E-state index >= 15 is 0 Å². The minimum Gasteiger partial charge on any atom is -0.483 e. The fraction of sp³-hybridized carbons (Fsp3) is 0.375. The summed E-state index contributed by atoms with van der Waals surface area (Å²) in [5.41, 5.74) is 7.17. The molecule has 0 amide bonds. The van der Waals surface area contributed by atoms with Gasteiger partial charge in [-0.3, -0.25) is 0 Å². The molecule has 2 rings (SSSR count). The molecule has 2 atom stereocenters. The minimum absolute atomic E-state index is 0.0752. The zero-order chi connectivity index (χ0) is 14.7. The zero-order valence-electron chi connectivity index (χ0n) is 12.0. The third-order valence-electron chi connectivity index (χ3n) is 3.18. The average molecular weight is 310 g/mol. The molecule has 0 bridgehead atoms. The van der Waals surface area contributed by atoms with Crippen molar-refractivity contribution in [2.24, 2.45) is 5.73 Å². The van der Waals surface area contributed by atoms with Gasteiger partial charge in [0.2, 0.25) is 0 Å². The molecule has 20 heavy (non-hydrogen) atoms. The van der Waals surface area contributed by atoms with Gasteiger partial charge in [-0.15, -0.1) is 11.3 Å². The van der Waals surface area contributed by atoms with E-state index in [-0.39, 0.29) is 12.1 Å². The molecule has 4 heteroatoms. The molecule has 1 heterocycles. The van der Waals surface area contributed by atoms with Gasteiger partial charge in [-0.1, -0.05) is 18.5 Å². The van der Waals surface area contributed by atoms with Gasteiger partial charge in [-0.2, -0.15) is 0 Å². The number of thiophene rings is 1. The molecule has 0 spiro atoms. The molecule has 0 radical (unpaired) electrons. The molecule has 2 N–H and O–H groups in total. The second kappa shape index (κ2) is 6.61. The standard InChI is InChI=1S/C16H20ClNOS/c1-4-12-9-13(6-7-14(12)17)19-16(11(3)18)15-8-5-10(2)20-15/h5-9,11,16H,4,18H2,1-3H3. The van der Waals surface area contributed by atoms with Crippen molar-refractivity contribution in [2.75, 3.05) is 0 Å². The highest BCUT2D eigenvalue weighted by atomic mass is 35.5. The van der Waals surface area contributed by atoms with E-state index in [0.717, 1.165) is 27.6 Å². The number of aryl methyl sites for hydroxylation is 2. The van der Waals surface area contributed by atoms with E-state index in [9.17, 15) is 0 Å². The van der Waals surface area contributed by atoms with Crippen LogP contribution in [0.4, 0.5) is 0 Å². The molecule has 0 saturated heterocycles. The van der Waals surface area contributed by atoms with Gasteiger partial charge in [0.15, 0.2) is 0 Å². The second-order valence-corrected chi connectivity index (χ2v) is 6.68. The van der Waals surface area contributed by atoms with Gasteiger partial charge in [0, 0.05) is 20.8 Å². The normalized spacial score (nSPS) is 14.1. The fourth-order valence-electron chi connectivity index (χ4n) is 2.07. The lowest BCUT2D eigenvalue weighted by Crippen LogP contribution is -2.28. The second-order valence-electron chi connectivity index (χ2n) is 4.95. The Morgan fingerprint density at radius 1 is 1.30 bits per heavy atom. The first-order chi connectivity index (χ1) is 9.51.